The summed E-state index contributed by atoms with van der Waals surface area (Å²) < 4.78 is 10.2. The lowest BCUT2D eigenvalue weighted by Gasteiger charge is -2.18. The third-order valence-corrected chi connectivity index (χ3v) is 5.33. The number of likely N-dealkylation sites (tertiary alicyclic amines) is 1. The molecule has 0 spiro atoms. The molecule has 0 radical (unpaired) electrons. The van der Waals surface area contributed by atoms with Crippen LogP contribution in [0, 0.1) is 0 Å². The lowest BCUT2D eigenvalue weighted by Crippen LogP contribution is -2.40. The lowest BCUT2D eigenvalue weighted by molar-refractivity contribution is -0.135. The van der Waals surface area contributed by atoms with Crippen molar-refractivity contribution < 1.29 is 29.0 Å². The molecule has 0 aliphatic carbocycles. The van der Waals surface area contributed by atoms with Crippen molar-refractivity contribution in [2.45, 2.75) is 12.8 Å². The van der Waals surface area contributed by atoms with Gasteiger partial charge in [-0.2, -0.15) is 0 Å². The number of carbonyl (C=O) groups excluding carboxylic acids is 3. The van der Waals surface area contributed by atoms with Gasteiger partial charge in [-0.25, -0.2) is 0 Å². The van der Waals surface area contributed by atoms with Gasteiger partial charge in [0.25, 0.3) is 11.1 Å². The molecule has 144 valence electrons. The van der Waals surface area contributed by atoms with Crippen molar-refractivity contribution in [2.24, 2.45) is 0 Å². The van der Waals surface area contributed by atoms with E-state index >= 15 is 0 Å². The van der Waals surface area contributed by atoms with E-state index in [1.807, 2.05) is 0 Å². The molecule has 0 aromatic heterocycles. The van der Waals surface area contributed by atoms with E-state index in [9.17, 15) is 19.5 Å². The second-order valence-corrected chi connectivity index (χ2v) is 7.12. The first-order chi connectivity index (χ1) is 12.9. The molecule has 8 nitrogen and oxygen atoms in total. The minimum atomic E-state index is -0.511. The summed E-state index contributed by atoms with van der Waals surface area (Å²) in [7, 11) is 2.80. The minimum Gasteiger partial charge on any atom is -0.502 e. The largest absolute Gasteiger partial charge is 0.502 e. The van der Waals surface area contributed by atoms with Crippen LogP contribution in [0.2, 0.25) is 0 Å². The number of phenolic OH excluding ortho intramolecular Hbond substituents is 1. The van der Waals surface area contributed by atoms with Crippen LogP contribution in [-0.4, -0.2) is 65.8 Å². The molecule has 9 heteroatoms. The first-order valence-corrected chi connectivity index (χ1v) is 9.24. The summed E-state index contributed by atoms with van der Waals surface area (Å²) in [6.07, 6.45) is 3.39. The Labute approximate surface area is 160 Å². The van der Waals surface area contributed by atoms with Gasteiger partial charge in [-0.1, -0.05) is 0 Å². The molecular formula is C18H20N2O6S. The molecule has 1 N–H and O–H groups in total. The summed E-state index contributed by atoms with van der Waals surface area (Å²) in [4.78, 5) is 39.9. The number of aromatic hydroxyl groups is 1. The number of rotatable bonds is 5. The van der Waals surface area contributed by atoms with Crippen molar-refractivity contribution in [1.29, 1.82) is 0 Å². The normalized spacial score (nSPS) is 18.5. The number of benzene rings is 1. The number of nitrogens with zero attached hydrogens (tertiary/aromatic N) is 2. The van der Waals surface area contributed by atoms with Crippen molar-refractivity contribution in [1.82, 2.24) is 9.80 Å². The molecular weight excluding hydrogens is 372 g/mol. The summed E-state index contributed by atoms with van der Waals surface area (Å²) in [5.74, 6) is -0.512. The van der Waals surface area contributed by atoms with Gasteiger partial charge in [0.2, 0.25) is 11.7 Å². The van der Waals surface area contributed by atoms with Crippen LogP contribution in [0.3, 0.4) is 0 Å². The second kappa shape index (κ2) is 7.91. The average molecular weight is 392 g/mol. The standard InChI is InChI=1S/C18H20N2O6S/c1-25-12-7-11(8-13(26-2)16(12)22)9-14-17(23)20(18(24)27-14)10-15(21)19-5-3-4-6-19/h7-9,22H,3-6,10H2,1-2H3/b14-9+. The van der Waals surface area contributed by atoms with Gasteiger partial charge >= 0.3 is 0 Å². The lowest BCUT2D eigenvalue weighted by atomic mass is 10.1. The molecule has 2 fully saturated rings. The Morgan fingerprint density at radius 1 is 1.19 bits per heavy atom. The van der Waals surface area contributed by atoms with E-state index in [1.165, 1.54) is 32.4 Å². The van der Waals surface area contributed by atoms with Gasteiger partial charge in [0.05, 0.1) is 19.1 Å². The zero-order chi connectivity index (χ0) is 19.6. The Hall–Kier alpha value is -2.68. The third kappa shape index (κ3) is 3.87. The molecule has 1 aromatic carbocycles. The second-order valence-electron chi connectivity index (χ2n) is 6.13. The van der Waals surface area contributed by atoms with E-state index in [1.54, 1.807) is 4.90 Å². The number of hydrogen-bond acceptors (Lipinski definition) is 7. The van der Waals surface area contributed by atoms with Gasteiger partial charge < -0.3 is 19.5 Å². The average Bonchev–Trinajstić information content (AvgIpc) is 3.28. The topological polar surface area (TPSA) is 96.4 Å². The SMILES string of the molecule is COc1cc(/C=C2/SC(=O)N(CC(=O)N3CCCC3)C2=O)cc(OC)c1O. The van der Waals surface area contributed by atoms with E-state index in [4.69, 9.17) is 9.47 Å². The fourth-order valence-corrected chi connectivity index (χ4v) is 3.82. The van der Waals surface area contributed by atoms with Crippen LogP contribution in [0.4, 0.5) is 4.79 Å². The number of carbonyl (C=O) groups is 3. The predicted molar refractivity (Wildman–Crippen MR) is 99.7 cm³/mol. The molecule has 0 unspecified atom stereocenters. The van der Waals surface area contributed by atoms with Crippen LogP contribution in [0.15, 0.2) is 17.0 Å². The maximum Gasteiger partial charge on any atom is 0.294 e. The number of phenols is 1. The summed E-state index contributed by atoms with van der Waals surface area (Å²) >= 11 is 0.776. The number of amides is 3. The predicted octanol–water partition coefficient (Wildman–Crippen LogP) is 2.07. The van der Waals surface area contributed by atoms with Gasteiger partial charge in [0.15, 0.2) is 11.5 Å². The van der Waals surface area contributed by atoms with Crippen molar-refractivity contribution in [3.8, 4) is 17.2 Å². The molecule has 2 aliphatic rings. The number of methoxy groups -OCH3 is 2. The van der Waals surface area contributed by atoms with Gasteiger partial charge in [-0.15, -0.1) is 0 Å². The molecule has 2 saturated heterocycles. The van der Waals surface area contributed by atoms with E-state index < -0.39 is 11.1 Å². The highest BCUT2D eigenvalue weighted by molar-refractivity contribution is 8.18. The van der Waals surface area contributed by atoms with Crippen LogP contribution < -0.4 is 9.47 Å². The first kappa shape index (κ1) is 19.1. The molecule has 0 atom stereocenters. The molecule has 3 amide bonds. The van der Waals surface area contributed by atoms with Crippen molar-refractivity contribution in [2.75, 3.05) is 33.9 Å². The Balaban J connectivity index is 1.80. The Bertz CT molecular complexity index is 791. The number of hydrogen-bond donors (Lipinski definition) is 1. The Morgan fingerprint density at radius 3 is 2.33 bits per heavy atom. The van der Waals surface area contributed by atoms with Gasteiger partial charge in [0, 0.05) is 13.1 Å². The Morgan fingerprint density at radius 2 is 1.78 bits per heavy atom. The highest BCUT2D eigenvalue weighted by Gasteiger charge is 2.37. The Kier molecular flexibility index (Phi) is 5.59. The van der Waals surface area contributed by atoms with E-state index in [0.29, 0.717) is 18.7 Å². The number of ether oxygens (including phenoxy) is 2. The summed E-state index contributed by atoms with van der Waals surface area (Å²) in [6.45, 7) is 1.08. The van der Waals surface area contributed by atoms with E-state index in [0.717, 1.165) is 29.5 Å². The van der Waals surface area contributed by atoms with E-state index in [2.05, 4.69) is 0 Å². The van der Waals surface area contributed by atoms with Crippen LogP contribution in [0.1, 0.15) is 18.4 Å². The van der Waals surface area contributed by atoms with Crippen LogP contribution in [0.25, 0.3) is 6.08 Å². The molecule has 2 heterocycles. The fraction of sp³-hybridized carbons (Fsp3) is 0.389. The highest BCUT2D eigenvalue weighted by Crippen LogP contribution is 2.39. The highest BCUT2D eigenvalue weighted by atomic mass is 32.2. The van der Waals surface area contributed by atoms with E-state index in [-0.39, 0.29) is 34.6 Å². The quantitative estimate of drug-likeness (QED) is 0.766. The third-order valence-electron chi connectivity index (χ3n) is 4.43. The van der Waals surface area contributed by atoms with Crippen molar-refractivity contribution >= 4 is 34.9 Å². The van der Waals surface area contributed by atoms with Crippen LogP contribution in [0.5, 0.6) is 17.2 Å². The van der Waals surface area contributed by atoms with Gasteiger partial charge in [-0.05, 0) is 48.4 Å². The van der Waals surface area contributed by atoms with Crippen LogP contribution in [-0.2, 0) is 9.59 Å². The maximum atomic E-state index is 12.6. The monoisotopic (exact) mass is 392 g/mol. The molecule has 3 rings (SSSR count). The number of thioether (sulfide) groups is 1. The minimum absolute atomic E-state index is 0.151. The molecule has 0 bridgehead atoms. The van der Waals surface area contributed by atoms with Gasteiger partial charge in [-0.3, -0.25) is 19.3 Å². The molecule has 0 saturated carbocycles. The summed E-state index contributed by atoms with van der Waals surface area (Å²) in [5.41, 5.74) is 0.526. The first-order valence-electron chi connectivity index (χ1n) is 8.42. The maximum absolute atomic E-state index is 12.6. The fourth-order valence-electron chi connectivity index (χ4n) is 2.99. The summed E-state index contributed by atoms with van der Waals surface area (Å²) in [6, 6.07) is 3.06. The smallest absolute Gasteiger partial charge is 0.294 e. The number of imide groups is 1. The molecule has 27 heavy (non-hydrogen) atoms. The zero-order valence-electron chi connectivity index (χ0n) is 15.1. The zero-order valence-corrected chi connectivity index (χ0v) is 15.9. The van der Waals surface area contributed by atoms with Gasteiger partial charge in [0.1, 0.15) is 6.54 Å². The van der Waals surface area contributed by atoms with Crippen molar-refractivity contribution in [3.05, 3.63) is 22.6 Å². The van der Waals surface area contributed by atoms with Crippen molar-refractivity contribution in [3.63, 3.8) is 0 Å². The van der Waals surface area contributed by atoms with Crippen LogP contribution >= 0.6 is 11.8 Å². The molecule has 2 aliphatic heterocycles. The summed E-state index contributed by atoms with van der Waals surface area (Å²) in [5, 5.41) is 9.49. The molecule has 1 aromatic rings.